The highest BCUT2D eigenvalue weighted by molar-refractivity contribution is 5.26. The zero-order valence-electron chi connectivity index (χ0n) is 9.94. The van der Waals surface area contributed by atoms with Crippen molar-refractivity contribution in [1.29, 1.82) is 0 Å². The summed E-state index contributed by atoms with van der Waals surface area (Å²) in [5, 5.41) is 9.11. The van der Waals surface area contributed by atoms with Gasteiger partial charge in [-0.2, -0.15) is 0 Å². The van der Waals surface area contributed by atoms with E-state index in [2.05, 4.69) is 0 Å². The monoisotopic (exact) mass is 238 g/mol. The standard InChI is InChI=1S/C14H19FO2/c15-9-14(12-4-6-17-7-5-12)13-3-1-2-11(8-13)10-16/h1-3,8,12,14,16H,4-7,9-10H2. The van der Waals surface area contributed by atoms with E-state index in [1.165, 1.54) is 0 Å². The Hall–Kier alpha value is -0.930. The highest BCUT2D eigenvalue weighted by Gasteiger charge is 2.25. The summed E-state index contributed by atoms with van der Waals surface area (Å²) in [6.45, 7) is 1.15. The SMILES string of the molecule is OCc1cccc(C(CF)C2CCOCC2)c1. The number of rotatable bonds is 4. The minimum absolute atomic E-state index is 0.0145. The second-order valence-electron chi connectivity index (χ2n) is 4.61. The van der Waals surface area contributed by atoms with Gasteiger partial charge in [-0.25, -0.2) is 0 Å². The molecule has 94 valence electrons. The number of benzene rings is 1. The zero-order chi connectivity index (χ0) is 12.1. The molecule has 3 heteroatoms. The normalized spacial score (nSPS) is 19.2. The molecule has 0 bridgehead atoms. The summed E-state index contributed by atoms with van der Waals surface area (Å²) >= 11 is 0. The van der Waals surface area contributed by atoms with Gasteiger partial charge in [0.2, 0.25) is 0 Å². The van der Waals surface area contributed by atoms with Crippen molar-refractivity contribution >= 4 is 0 Å². The summed E-state index contributed by atoms with van der Waals surface area (Å²) in [5.41, 5.74) is 1.86. The van der Waals surface area contributed by atoms with Crippen LogP contribution in [0.4, 0.5) is 4.39 Å². The Morgan fingerprint density at radius 2 is 2.12 bits per heavy atom. The van der Waals surface area contributed by atoms with Crippen LogP contribution in [-0.2, 0) is 11.3 Å². The molecule has 17 heavy (non-hydrogen) atoms. The molecule has 1 aliphatic heterocycles. The number of halogens is 1. The van der Waals surface area contributed by atoms with Gasteiger partial charge in [-0.15, -0.1) is 0 Å². The van der Waals surface area contributed by atoms with Crippen LogP contribution in [0.1, 0.15) is 29.9 Å². The van der Waals surface area contributed by atoms with Crippen molar-refractivity contribution < 1.29 is 14.2 Å². The van der Waals surface area contributed by atoms with Crippen LogP contribution in [0.3, 0.4) is 0 Å². The molecule has 1 fully saturated rings. The molecule has 0 aromatic heterocycles. The van der Waals surface area contributed by atoms with E-state index < -0.39 is 0 Å². The molecule has 1 aromatic carbocycles. The molecule has 1 atom stereocenters. The Labute approximate surface area is 101 Å². The molecular weight excluding hydrogens is 219 g/mol. The molecule has 0 radical (unpaired) electrons. The fraction of sp³-hybridized carbons (Fsp3) is 0.571. The summed E-state index contributed by atoms with van der Waals surface area (Å²) in [7, 11) is 0. The molecule has 1 unspecified atom stereocenters. The van der Waals surface area contributed by atoms with Crippen LogP contribution in [0.25, 0.3) is 0 Å². The second-order valence-corrected chi connectivity index (χ2v) is 4.61. The lowest BCUT2D eigenvalue weighted by atomic mass is 9.82. The van der Waals surface area contributed by atoms with E-state index in [0.29, 0.717) is 5.92 Å². The average molecular weight is 238 g/mol. The molecule has 1 N–H and O–H groups in total. The molecule has 2 rings (SSSR count). The summed E-state index contributed by atoms with van der Waals surface area (Å²) < 4.78 is 18.6. The topological polar surface area (TPSA) is 29.5 Å². The van der Waals surface area contributed by atoms with Crippen molar-refractivity contribution in [3.63, 3.8) is 0 Å². The lowest BCUT2D eigenvalue weighted by Gasteiger charge is -2.29. The highest BCUT2D eigenvalue weighted by Crippen LogP contribution is 2.32. The number of aliphatic hydroxyl groups is 1. The largest absolute Gasteiger partial charge is 0.392 e. The summed E-state index contributed by atoms with van der Waals surface area (Å²) in [4.78, 5) is 0. The lowest BCUT2D eigenvalue weighted by Crippen LogP contribution is -2.23. The predicted molar refractivity (Wildman–Crippen MR) is 64.6 cm³/mol. The molecule has 2 nitrogen and oxygen atoms in total. The fourth-order valence-corrected chi connectivity index (χ4v) is 2.53. The summed E-state index contributed by atoms with van der Waals surface area (Å²) in [5.74, 6) is 0.313. The van der Waals surface area contributed by atoms with E-state index in [9.17, 15) is 4.39 Å². The van der Waals surface area contributed by atoms with Crippen LogP contribution in [0.15, 0.2) is 24.3 Å². The molecule has 1 heterocycles. The maximum atomic E-state index is 13.3. The average Bonchev–Trinajstić information content (AvgIpc) is 2.41. The first-order valence-corrected chi connectivity index (χ1v) is 6.18. The van der Waals surface area contributed by atoms with Gasteiger partial charge in [0.1, 0.15) is 0 Å². The van der Waals surface area contributed by atoms with E-state index in [1.54, 1.807) is 0 Å². The van der Waals surface area contributed by atoms with Crippen molar-refractivity contribution in [2.24, 2.45) is 5.92 Å². The minimum atomic E-state index is -0.334. The molecule has 0 saturated carbocycles. The van der Waals surface area contributed by atoms with Gasteiger partial charge in [0.05, 0.1) is 13.3 Å². The van der Waals surface area contributed by atoms with E-state index >= 15 is 0 Å². The smallest absolute Gasteiger partial charge is 0.0965 e. The van der Waals surface area contributed by atoms with Gasteiger partial charge < -0.3 is 9.84 Å². The maximum absolute atomic E-state index is 13.3. The van der Waals surface area contributed by atoms with Crippen molar-refractivity contribution in [2.45, 2.75) is 25.4 Å². The number of aliphatic hydroxyl groups excluding tert-OH is 1. The molecule has 1 aromatic rings. The third kappa shape index (κ3) is 3.05. The molecule has 1 saturated heterocycles. The molecule has 0 aliphatic carbocycles. The Bertz CT molecular complexity index is 348. The number of hydrogen-bond acceptors (Lipinski definition) is 2. The van der Waals surface area contributed by atoms with Gasteiger partial charge in [-0.05, 0) is 29.9 Å². The van der Waals surface area contributed by atoms with Crippen molar-refractivity contribution in [3.05, 3.63) is 35.4 Å². The van der Waals surface area contributed by atoms with Crippen molar-refractivity contribution in [2.75, 3.05) is 19.9 Å². The van der Waals surface area contributed by atoms with Gasteiger partial charge in [0.25, 0.3) is 0 Å². The van der Waals surface area contributed by atoms with Gasteiger partial charge >= 0.3 is 0 Å². The summed E-state index contributed by atoms with van der Waals surface area (Å²) in [6, 6.07) is 7.63. The van der Waals surface area contributed by atoms with Crippen LogP contribution in [0.2, 0.25) is 0 Å². The Morgan fingerprint density at radius 1 is 1.35 bits per heavy atom. The molecule has 0 spiro atoms. The van der Waals surface area contributed by atoms with E-state index in [1.807, 2.05) is 24.3 Å². The van der Waals surface area contributed by atoms with Crippen molar-refractivity contribution in [1.82, 2.24) is 0 Å². The second kappa shape index (κ2) is 6.12. The predicted octanol–water partition coefficient (Wildman–Crippen LogP) is 2.66. The molecular formula is C14H19FO2. The van der Waals surface area contributed by atoms with Crippen LogP contribution in [0, 0.1) is 5.92 Å². The number of ether oxygens (including phenoxy) is 1. The Kier molecular flexibility index (Phi) is 4.51. The Balaban J connectivity index is 2.15. The van der Waals surface area contributed by atoms with Gasteiger partial charge in [0, 0.05) is 19.1 Å². The first-order chi connectivity index (χ1) is 8.35. The van der Waals surface area contributed by atoms with E-state index in [-0.39, 0.29) is 19.2 Å². The van der Waals surface area contributed by atoms with Gasteiger partial charge in [-0.1, -0.05) is 24.3 Å². The van der Waals surface area contributed by atoms with Gasteiger partial charge in [0.15, 0.2) is 0 Å². The number of alkyl halides is 1. The Morgan fingerprint density at radius 3 is 2.76 bits per heavy atom. The van der Waals surface area contributed by atoms with E-state index in [4.69, 9.17) is 9.84 Å². The van der Waals surface area contributed by atoms with Gasteiger partial charge in [-0.3, -0.25) is 4.39 Å². The van der Waals surface area contributed by atoms with Crippen LogP contribution >= 0.6 is 0 Å². The van der Waals surface area contributed by atoms with Crippen molar-refractivity contribution in [3.8, 4) is 0 Å². The lowest BCUT2D eigenvalue weighted by molar-refractivity contribution is 0.0546. The fourth-order valence-electron chi connectivity index (χ4n) is 2.53. The van der Waals surface area contributed by atoms with Crippen LogP contribution in [-0.4, -0.2) is 25.0 Å². The quantitative estimate of drug-likeness (QED) is 0.873. The van der Waals surface area contributed by atoms with Crippen LogP contribution in [0.5, 0.6) is 0 Å². The first-order valence-electron chi connectivity index (χ1n) is 6.18. The highest BCUT2D eigenvalue weighted by atomic mass is 19.1. The third-order valence-corrected chi connectivity index (χ3v) is 3.56. The maximum Gasteiger partial charge on any atom is 0.0965 e. The van der Waals surface area contributed by atoms with E-state index in [0.717, 1.165) is 37.2 Å². The zero-order valence-corrected chi connectivity index (χ0v) is 9.94. The molecule has 1 aliphatic rings. The first kappa shape index (κ1) is 12.5. The third-order valence-electron chi connectivity index (χ3n) is 3.56. The number of hydrogen-bond donors (Lipinski definition) is 1. The minimum Gasteiger partial charge on any atom is -0.392 e. The summed E-state index contributed by atoms with van der Waals surface area (Å²) in [6.07, 6.45) is 1.86. The van der Waals surface area contributed by atoms with Crippen LogP contribution < -0.4 is 0 Å². The molecule has 0 amide bonds.